The Morgan fingerprint density at radius 2 is 2.11 bits per heavy atom. The quantitative estimate of drug-likeness (QED) is 0.573. The first-order chi connectivity index (χ1) is 4.04. The van der Waals surface area contributed by atoms with Crippen LogP contribution in [0, 0.1) is 0 Å². The van der Waals surface area contributed by atoms with Gasteiger partial charge in [0, 0.05) is 0 Å². The number of rotatable bonds is 0. The maximum Gasteiger partial charge on any atom is 0.165 e. The smallest absolute Gasteiger partial charge is 0.165 e. The number of hydrogen-bond acceptors (Lipinski definition) is 3. The lowest BCUT2D eigenvalue weighted by molar-refractivity contribution is 0.196. The van der Waals surface area contributed by atoms with E-state index >= 15 is 0 Å². The van der Waals surface area contributed by atoms with Crippen LogP contribution >= 0.6 is 15.9 Å². The molecule has 1 N–H and O–H groups in total. The van der Waals surface area contributed by atoms with Gasteiger partial charge in [0.1, 0.15) is 4.16 Å². The molecule has 0 unspecified atom stereocenters. The van der Waals surface area contributed by atoms with Crippen LogP contribution < -0.4 is 0 Å². The molecule has 0 bridgehead atoms. The maximum atomic E-state index is 10.8. The summed E-state index contributed by atoms with van der Waals surface area (Å²) in [6.45, 7) is 0. The molecule has 5 heteroatoms. The molecule has 9 heavy (non-hydrogen) atoms. The number of sulfone groups is 1. The summed E-state index contributed by atoms with van der Waals surface area (Å²) in [5.74, 6) is 0.101. The molecule has 1 fully saturated rings. The predicted molar refractivity (Wildman–Crippen MR) is 37.1 cm³/mol. The van der Waals surface area contributed by atoms with Crippen LogP contribution in [0.5, 0.6) is 0 Å². The minimum absolute atomic E-state index is 0.101. The highest BCUT2D eigenvalue weighted by atomic mass is 79.9. The average Bonchev–Trinajstić information content (AvgIpc) is 1.97. The number of hydrogen-bond donors (Lipinski definition) is 1. The molecule has 1 rings (SSSR count). The van der Waals surface area contributed by atoms with E-state index < -0.39 is 20.1 Å². The van der Waals surface area contributed by atoms with Crippen molar-refractivity contribution in [2.24, 2.45) is 0 Å². The molecule has 1 saturated heterocycles. The Bertz CT molecular complexity index is 198. The van der Waals surface area contributed by atoms with Gasteiger partial charge < -0.3 is 5.11 Å². The molecule has 2 atom stereocenters. The molecular formula is C4H7BrO3S. The largest absolute Gasteiger partial charge is 0.391 e. The monoisotopic (exact) mass is 214 g/mol. The molecule has 0 spiro atoms. The molecule has 0 aliphatic carbocycles. The lowest BCUT2D eigenvalue weighted by atomic mass is 10.3. The molecule has 54 valence electrons. The van der Waals surface area contributed by atoms with E-state index in [1.54, 1.807) is 0 Å². The maximum absolute atomic E-state index is 10.8. The van der Waals surface area contributed by atoms with Gasteiger partial charge in [-0.3, -0.25) is 0 Å². The van der Waals surface area contributed by atoms with Crippen LogP contribution in [-0.4, -0.2) is 29.5 Å². The highest BCUT2D eigenvalue weighted by molar-refractivity contribution is 9.11. The first-order valence-corrected chi connectivity index (χ1v) is 5.21. The van der Waals surface area contributed by atoms with Crippen LogP contribution in [0.1, 0.15) is 6.42 Å². The van der Waals surface area contributed by atoms with Gasteiger partial charge in [0.25, 0.3) is 0 Å². The van der Waals surface area contributed by atoms with E-state index in [0.29, 0.717) is 6.42 Å². The second kappa shape index (κ2) is 2.21. The molecule has 0 aromatic carbocycles. The van der Waals surface area contributed by atoms with Gasteiger partial charge in [-0.1, -0.05) is 15.9 Å². The minimum atomic E-state index is -3.01. The van der Waals surface area contributed by atoms with Crippen molar-refractivity contribution in [3.63, 3.8) is 0 Å². The van der Waals surface area contributed by atoms with Gasteiger partial charge in [-0.05, 0) is 6.42 Å². The van der Waals surface area contributed by atoms with E-state index in [1.807, 2.05) is 0 Å². The van der Waals surface area contributed by atoms with Crippen LogP contribution in [-0.2, 0) is 9.84 Å². The number of halogens is 1. The van der Waals surface area contributed by atoms with Gasteiger partial charge in [0.2, 0.25) is 0 Å². The van der Waals surface area contributed by atoms with Gasteiger partial charge in [-0.25, -0.2) is 8.42 Å². The van der Waals surface area contributed by atoms with Crippen molar-refractivity contribution in [3.05, 3.63) is 0 Å². The molecular weight excluding hydrogens is 208 g/mol. The van der Waals surface area contributed by atoms with E-state index in [2.05, 4.69) is 15.9 Å². The topological polar surface area (TPSA) is 54.4 Å². The van der Waals surface area contributed by atoms with Crippen molar-refractivity contribution < 1.29 is 13.5 Å². The zero-order valence-corrected chi connectivity index (χ0v) is 7.02. The Balaban J connectivity index is 2.87. The SMILES string of the molecule is O=S1(=O)CC[C@@H](O)[C@@H]1Br. The first kappa shape index (κ1) is 7.50. The lowest BCUT2D eigenvalue weighted by Crippen LogP contribution is -2.18. The molecule has 0 saturated carbocycles. The Morgan fingerprint density at radius 1 is 1.56 bits per heavy atom. The predicted octanol–water partition coefficient (Wildman–Crippen LogP) is -0.113. The molecule has 0 amide bonds. The average molecular weight is 215 g/mol. The van der Waals surface area contributed by atoms with Crippen LogP contribution in [0.3, 0.4) is 0 Å². The fourth-order valence-corrected chi connectivity index (χ4v) is 3.00. The molecule has 1 aliphatic rings. The number of aliphatic hydroxyl groups excluding tert-OH is 1. The highest BCUT2D eigenvalue weighted by Gasteiger charge is 2.36. The van der Waals surface area contributed by atoms with Crippen LogP contribution in [0.25, 0.3) is 0 Å². The molecule has 0 aromatic rings. The highest BCUT2D eigenvalue weighted by Crippen LogP contribution is 2.24. The van der Waals surface area contributed by atoms with E-state index in [-0.39, 0.29) is 5.75 Å². The first-order valence-electron chi connectivity index (χ1n) is 2.58. The van der Waals surface area contributed by atoms with Gasteiger partial charge in [-0.2, -0.15) is 0 Å². The van der Waals surface area contributed by atoms with Crippen molar-refractivity contribution in [2.75, 3.05) is 5.75 Å². The van der Waals surface area contributed by atoms with Gasteiger partial charge in [0.05, 0.1) is 11.9 Å². The number of alkyl halides is 1. The normalized spacial score (nSPS) is 41.1. The fourth-order valence-electron chi connectivity index (χ4n) is 0.768. The zero-order chi connectivity index (χ0) is 7.07. The van der Waals surface area contributed by atoms with Crippen LogP contribution in [0.2, 0.25) is 0 Å². The standard InChI is InChI=1S/C4H7BrO3S/c5-4-3(6)1-2-9(4,7)8/h3-4,6H,1-2H2/t3-,4-/m1/s1. The lowest BCUT2D eigenvalue weighted by Gasteiger charge is -2.02. The van der Waals surface area contributed by atoms with Crippen molar-refractivity contribution >= 4 is 25.8 Å². The van der Waals surface area contributed by atoms with Crippen molar-refractivity contribution in [1.29, 1.82) is 0 Å². The van der Waals surface area contributed by atoms with E-state index in [0.717, 1.165) is 0 Å². The molecule has 0 radical (unpaired) electrons. The second-order valence-electron chi connectivity index (χ2n) is 2.07. The third-order valence-corrected chi connectivity index (χ3v) is 5.47. The second-order valence-corrected chi connectivity index (χ2v) is 5.91. The molecule has 1 heterocycles. The zero-order valence-electron chi connectivity index (χ0n) is 4.62. The van der Waals surface area contributed by atoms with Crippen molar-refractivity contribution in [2.45, 2.75) is 16.7 Å². The van der Waals surface area contributed by atoms with Gasteiger partial charge in [0.15, 0.2) is 9.84 Å². The summed E-state index contributed by atoms with van der Waals surface area (Å²) in [6.07, 6.45) is -0.354. The Hall–Kier alpha value is 0.390. The molecule has 1 aliphatic heterocycles. The Kier molecular flexibility index (Phi) is 1.84. The summed E-state index contributed by atoms with van der Waals surface area (Å²) >= 11 is 2.89. The summed E-state index contributed by atoms with van der Waals surface area (Å²) < 4.78 is 20.8. The van der Waals surface area contributed by atoms with E-state index in [1.165, 1.54) is 0 Å². The summed E-state index contributed by atoms with van der Waals surface area (Å²) in [4.78, 5) is 0. The Labute approximate surface area is 62.1 Å². The van der Waals surface area contributed by atoms with Crippen LogP contribution in [0.4, 0.5) is 0 Å². The van der Waals surface area contributed by atoms with E-state index in [4.69, 9.17) is 5.11 Å². The summed E-state index contributed by atoms with van der Waals surface area (Å²) in [6, 6.07) is 0. The van der Waals surface area contributed by atoms with E-state index in [9.17, 15) is 8.42 Å². The number of aliphatic hydroxyl groups is 1. The minimum Gasteiger partial charge on any atom is -0.391 e. The third-order valence-electron chi connectivity index (χ3n) is 1.34. The summed E-state index contributed by atoms with van der Waals surface area (Å²) in [5.41, 5.74) is 0. The summed E-state index contributed by atoms with van der Waals surface area (Å²) in [5, 5.41) is 8.91. The summed E-state index contributed by atoms with van der Waals surface area (Å²) in [7, 11) is -3.01. The molecule has 3 nitrogen and oxygen atoms in total. The third kappa shape index (κ3) is 1.28. The van der Waals surface area contributed by atoms with Crippen LogP contribution in [0.15, 0.2) is 0 Å². The van der Waals surface area contributed by atoms with Crippen molar-refractivity contribution in [3.8, 4) is 0 Å². The Morgan fingerprint density at radius 3 is 2.22 bits per heavy atom. The molecule has 0 aromatic heterocycles. The fraction of sp³-hybridized carbons (Fsp3) is 1.00. The van der Waals surface area contributed by atoms with Gasteiger partial charge >= 0.3 is 0 Å². The van der Waals surface area contributed by atoms with Crippen molar-refractivity contribution in [1.82, 2.24) is 0 Å². The van der Waals surface area contributed by atoms with Gasteiger partial charge in [-0.15, -0.1) is 0 Å².